The van der Waals surface area contributed by atoms with Crippen molar-refractivity contribution in [2.75, 3.05) is 22.9 Å². The molecule has 1 amide bonds. The lowest BCUT2D eigenvalue weighted by Crippen LogP contribution is -2.32. The van der Waals surface area contributed by atoms with Gasteiger partial charge in [-0.15, -0.1) is 0 Å². The first-order valence-corrected chi connectivity index (χ1v) is 11.1. The van der Waals surface area contributed by atoms with E-state index in [-0.39, 0.29) is 5.91 Å². The maximum Gasteiger partial charge on any atom is 0.282 e. The van der Waals surface area contributed by atoms with Crippen LogP contribution < -0.4 is 9.80 Å². The fourth-order valence-electron chi connectivity index (χ4n) is 3.79. The standard InChI is InChI=1S/C28H23N5O/c29-17-7-19-32(20-8-18-30)24-15-13-22(14-16-24)21-26-28(34)33(25-11-5-2-6-12-25)27(31-26)23-9-3-1-4-10-23/h1-6,9-16,21H,7-8,19-20H2/b26-21-. The number of carbonyl (C=O) groups is 1. The van der Waals surface area contributed by atoms with Crippen LogP contribution in [0.1, 0.15) is 24.0 Å². The van der Waals surface area contributed by atoms with Gasteiger partial charge in [-0.3, -0.25) is 9.69 Å². The van der Waals surface area contributed by atoms with E-state index in [1.807, 2.05) is 89.8 Å². The molecule has 0 radical (unpaired) electrons. The van der Waals surface area contributed by atoms with Crippen LogP contribution in [0, 0.1) is 22.7 Å². The van der Waals surface area contributed by atoms with Crippen LogP contribution in [0.4, 0.5) is 11.4 Å². The van der Waals surface area contributed by atoms with E-state index in [4.69, 9.17) is 15.5 Å². The third kappa shape index (κ3) is 5.03. The Hall–Kier alpha value is -4.68. The highest BCUT2D eigenvalue weighted by Crippen LogP contribution is 2.28. The van der Waals surface area contributed by atoms with E-state index in [1.54, 1.807) is 11.0 Å². The SMILES string of the molecule is N#CCCN(CCC#N)c1ccc(/C=C2\N=C(c3ccccc3)N(c3ccccc3)C2=O)cc1. The molecular weight excluding hydrogens is 422 g/mol. The van der Waals surface area contributed by atoms with E-state index in [1.165, 1.54) is 0 Å². The average Bonchev–Trinajstić information content (AvgIpc) is 3.21. The van der Waals surface area contributed by atoms with Crippen molar-refractivity contribution in [2.45, 2.75) is 12.8 Å². The van der Waals surface area contributed by atoms with Crippen molar-refractivity contribution >= 4 is 29.2 Å². The average molecular weight is 446 g/mol. The molecule has 34 heavy (non-hydrogen) atoms. The summed E-state index contributed by atoms with van der Waals surface area (Å²) in [5.74, 6) is 0.414. The van der Waals surface area contributed by atoms with E-state index < -0.39 is 0 Å². The molecule has 0 saturated heterocycles. The van der Waals surface area contributed by atoms with Crippen LogP contribution in [-0.4, -0.2) is 24.8 Å². The van der Waals surface area contributed by atoms with Gasteiger partial charge < -0.3 is 4.90 Å². The molecule has 0 atom stereocenters. The number of amidine groups is 1. The minimum absolute atomic E-state index is 0.182. The number of para-hydroxylation sites is 1. The minimum atomic E-state index is -0.182. The van der Waals surface area contributed by atoms with Crippen LogP contribution in [0.15, 0.2) is 95.6 Å². The van der Waals surface area contributed by atoms with E-state index in [0.717, 1.165) is 22.5 Å². The van der Waals surface area contributed by atoms with Gasteiger partial charge in [-0.2, -0.15) is 10.5 Å². The van der Waals surface area contributed by atoms with Crippen LogP contribution in [-0.2, 0) is 4.79 Å². The molecule has 3 aromatic rings. The summed E-state index contributed by atoms with van der Waals surface area (Å²) in [4.78, 5) is 21.7. The first kappa shape index (κ1) is 22.5. The molecule has 0 aliphatic carbocycles. The highest BCUT2D eigenvalue weighted by Gasteiger charge is 2.32. The fourth-order valence-corrected chi connectivity index (χ4v) is 3.79. The third-order valence-electron chi connectivity index (χ3n) is 5.46. The molecule has 0 unspecified atom stereocenters. The number of nitriles is 2. The number of hydrogen-bond donors (Lipinski definition) is 0. The number of hydrogen-bond acceptors (Lipinski definition) is 5. The zero-order valence-electron chi connectivity index (χ0n) is 18.6. The molecule has 0 N–H and O–H groups in total. The molecule has 6 heteroatoms. The normalized spacial score (nSPS) is 13.9. The molecule has 0 fully saturated rings. The van der Waals surface area contributed by atoms with Crippen LogP contribution in [0.25, 0.3) is 6.08 Å². The van der Waals surface area contributed by atoms with Crippen molar-refractivity contribution in [2.24, 2.45) is 4.99 Å². The summed E-state index contributed by atoms with van der Waals surface area (Å²) in [6, 6.07) is 31.2. The molecule has 1 aliphatic heterocycles. The molecule has 1 heterocycles. The van der Waals surface area contributed by atoms with E-state index in [9.17, 15) is 4.79 Å². The van der Waals surface area contributed by atoms with Gasteiger partial charge in [-0.05, 0) is 35.9 Å². The van der Waals surface area contributed by atoms with Crippen molar-refractivity contribution < 1.29 is 4.79 Å². The maximum absolute atomic E-state index is 13.4. The van der Waals surface area contributed by atoms with Gasteiger partial charge in [0.15, 0.2) is 0 Å². The highest BCUT2D eigenvalue weighted by atomic mass is 16.2. The summed E-state index contributed by atoms with van der Waals surface area (Å²) in [6.07, 6.45) is 2.56. The molecule has 166 valence electrons. The maximum atomic E-state index is 13.4. The molecule has 0 aromatic heterocycles. The van der Waals surface area contributed by atoms with E-state index in [2.05, 4.69) is 12.1 Å². The van der Waals surface area contributed by atoms with Crippen molar-refractivity contribution in [3.63, 3.8) is 0 Å². The predicted molar refractivity (Wildman–Crippen MR) is 134 cm³/mol. The molecule has 0 spiro atoms. The zero-order chi connectivity index (χ0) is 23.8. The Morgan fingerprint density at radius 1 is 0.824 bits per heavy atom. The predicted octanol–water partition coefficient (Wildman–Crippen LogP) is 5.15. The van der Waals surface area contributed by atoms with Gasteiger partial charge in [0, 0.05) is 24.3 Å². The van der Waals surface area contributed by atoms with Gasteiger partial charge in [0.1, 0.15) is 11.5 Å². The van der Waals surface area contributed by atoms with E-state index in [0.29, 0.717) is 37.5 Å². The lowest BCUT2D eigenvalue weighted by atomic mass is 10.1. The zero-order valence-corrected chi connectivity index (χ0v) is 18.6. The molecule has 3 aromatic carbocycles. The number of carbonyl (C=O) groups excluding carboxylic acids is 1. The molecule has 1 aliphatic rings. The number of nitrogens with zero attached hydrogens (tertiary/aromatic N) is 5. The number of benzene rings is 3. The lowest BCUT2D eigenvalue weighted by molar-refractivity contribution is -0.113. The van der Waals surface area contributed by atoms with Crippen molar-refractivity contribution in [1.82, 2.24) is 0 Å². The first-order valence-electron chi connectivity index (χ1n) is 11.1. The first-order chi connectivity index (χ1) is 16.7. The topological polar surface area (TPSA) is 83.5 Å². The van der Waals surface area contributed by atoms with Gasteiger partial charge in [0.2, 0.25) is 0 Å². The van der Waals surface area contributed by atoms with Gasteiger partial charge in [0.05, 0.1) is 30.7 Å². The minimum Gasteiger partial charge on any atom is -0.369 e. The number of amides is 1. The van der Waals surface area contributed by atoms with Crippen LogP contribution in [0.3, 0.4) is 0 Å². The Bertz CT molecular complexity index is 1260. The number of rotatable bonds is 8. The summed E-state index contributed by atoms with van der Waals surface area (Å²) in [5.41, 5.74) is 3.77. The quantitative estimate of drug-likeness (QED) is 0.449. The van der Waals surface area contributed by atoms with Crippen LogP contribution >= 0.6 is 0 Å². The van der Waals surface area contributed by atoms with Gasteiger partial charge in [-0.25, -0.2) is 4.99 Å². The second-order valence-electron chi connectivity index (χ2n) is 7.70. The summed E-state index contributed by atoms with van der Waals surface area (Å²) in [6.45, 7) is 1.13. The molecule has 4 rings (SSSR count). The Morgan fingerprint density at radius 2 is 1.41 bits per heavy atom. The van der Waals surface area contributed by atoms with Crippen LogP contribution in [0.5, 0.6) is 0 Å². The van der Waals surface area contributed by atoms with E-state index >= 15 is 0 Å². The Morgan fingerprint density at radius 3 is 2.00 bits per heavy atom. The van der Waals surface area contributed by atoms with Gasteiger partial charge in [0.25, 0.3) is 5.91 Å². The largest absolute Gasteiger partial charge is 0.369 e. The number of aliphatic imine (C=N–C) groups is 1. The number of anilines is 2. The molecule has 6 nitrogen and oxygen atoms in total. The fraction of sp³-hybridized carbons (Fsp3) is 0.143. The summed E-state index contributed by atoms with van der Waals surface area (Å²) in [5, 5.41) is 17.9. The Balaban J connectivity index is 1.64. The van der Waals surface area contributed by atoms with Crippen molar-refractivity contribution in [3.8, 4) is 12.1 Å². The monoisotopic (exact) mass is 445 g/mol. The second kappa shape index (κ2) is 10.8. The summed E-state index contributed by atoms with van der Waals surface area (Å²) in [7, 11) is 0. The lowest BCUT2D eigenvalue weighted by Gasteiger charge is -2.22. The highest BCUT2D eigenvalue weighted by molar-refractivity contribution is 6.33. The molecule has 0 bridgehead atoms. The second-order valence-corrected chi connectivity index (χ2v) is 7.70. The Kier molecular flexibility index (Phi) is 7.12. The van der Waals surface area contributed by atoms with Crippen molar-refractivity contribution in [3.05, 3.63) is 102 Å². The molecular formula is C28H23N5O. The summed E-state index contributed by atoms with van der Waals surface area (Å²) < 4.78 is 0. The third-order valence-corrected chi connectivity index (χ3v) is 5.46. The molecule has 0 saturated carbocycles. The van der Waals surface area contributed by atoms with Gasteiger partial charge >= 0.3 is 0 Å². The van der Waals surface area contributed by atoms with Crippen LogP contribution in [0.2, 0.25) is 0 Å². The smallest absolute Gasteiger partial charge is 0.282 e. The summed E-state index contributed by atoms with van der Waals surface area (Å²) >= 11 is 0. The van der Waals surface area contributed by atoms with Crippen molar-refractivity contribution in [1.29, 1.82) is 10.5 Å². The Labute approximate surface area is 199 Å². The van der Waals surface area contributed by atoms with Gasteiger partial charge in [-0.1, -0.05) is 60.7 Å².